The van der Waals surface area contributed by atoms with Crippen molar-refractivity contribution in [1.29, 1.82) is 0 Å². The fraction of sp³-hybridized carbons (Fsp3) is 0.579. The van der Waals surface area contributed by atoms with Crippen LogP contribution in [-0.4, -0.2) is 31.6 Å². The summed E-state index contributed by atoms with van der Waals surface area (Å²) in [6.45, 7) is 4.31. The zero-order valence-corrected chi connectivity index (χ0v) is 14.3. The van der Waals surface area contributed by atoms with E-state index >= 15 is 0 Å². The van der Waals surface area contributed by atoms with Crippen LogP contribution in [0.4, 0.5) is 0 Å². The van der Waals surface area contributed by atoms with Crippen LogP contribution in [0, 0.1) is 11.8 Å². The van der Waals surface area contributed by atoms with Gasteiger partial charge in [0.1, 0.15) is 6.61 Å². The van der Waals surface area contributed by atoms with Gasteiger partial charge < -0.3 is 14.8 Å². The van der Waals surface area contributed by atoms with Crippen LogP contribution in [0.3, 0.4) is 0 Å². The van der Waals surface area contributed by atoms with E-state index < -0.39 is 0 Å². The molecule has 0 aromatic heterocycles. The van der Waals surface area contributed by atoms with Crippen LogP contribution in [0.25, 0.3) is 0 Å². The van der Waals surface area contributed by atoms with Gasteiger partial charge >= 0.3 is 11.9 Å². The third kappa shape index (κ3) is 6.32. The van der Waals surface area contributed by atoms with Gasteiger partial charge in [-0.2, -0.15) is 0 Å². The van der Waals surface area contributed by atoms with E-state index in [4.69, 9.17) is 9.47 Å². The molecule has 1 aliphatic rings. The summed E-state index contributed by atoms with van der Waals surface area (Å²) < 4.78 is 10.5. The van der Waals surface area contributed by atoms with Gasteiger partial charge in [-0.15, -0.1) is 0 Å². The predicted octanol–water partition coefficient (Wildman–Crippen LogP) is 2.69. The van der Waals surface area contributed by atoms with Gasteiger partial charge in [0.2, 0.25) is 0 Å². The predicted molar refractivity (Wildman–Crippen MR) is 91.2 cm³/mol. The number of piperidine rings is 1. The minimum Gasteiger partial charge on any atom is -0.466 e. The number of hydrogen-bond donors (Lipinski definition) is 1. The maximum Gasteiger partial charge on any atom is 0.306 e. The van der Waals surface area contributed by atoms with Gasteiger partial charge in [0.15, 0.2) is 0 Å². The van der Waals surface area contributed by atoms with Gasteiger partial charge in [-0.25, -0.2) is 0 Å². The Kier molecular flexibility index (Phi) is 7.75. The first-order valence-electron chi connectivity index (χ1n) is 8.75. The zero-order chi connectivity index (χ0) is 17.2. The number of esters is 2. The van der Waals surface area contributed by atoms with E-state index in [-0.39, 0.29) is 30.9 Å². The molecule has 1 unspecified atom stereocenters. The number of rotatable bonds is 8. The summed E-state index contributed by atoms with van der Waals surface area (Å²) in [7, 11) is 0. The van der Waals surface area contributed by atoms with Gasteiger partial charge in [0, 0.05) is 12.8 Å². The summed E-state index contributed by atoms with van der Waals surface area (Å²) in [6, 6.07) is 9.62. The molecule has 1 N–H and O–H groups in total. The van der Waals surface area contributed by atoms with Crippen LogP contribution in [0.5, 0.6) is 0 Å². The summed E-state index contributed by atoms with van der Waals surface area (Å²) in [5, 5.41) is 3.32. The van der Waals surface area contributed by atoms with Crippen molar-refractivity contribution in [2.24, 2.45) is 11.8 Å². The first-order chi connectivity index (χ1) is 11.7. The van der Waals surface area contributed by atoms with E-state index in [2.05, 4.69) is 5.32 Å². The highest BCUT2D eigenvalue weighted by Crippen LogP contribution is 2.28. The summed E-state index contributed by atoms with van der Waals surface area (Å²) in [6.07, 6.45) is 2.53. The Morgan fingerprint density at radius 2 is 1.71 bits per heavy atom. The molecule has 0 amide bonds. The van der Waals surface area contributed by atoms with Crippen LogP contribution in [0.1, 0.15) is 38.2 Å². The van der Waals surface area contributed by atoms with Crippen molar-refractivity contribution in [3.63, 3.8) is 0 Å². The van der Waals surface area contributed by atoms with E-state index in [0.717, 1.165) is 31.5 Å². The van der Waals surface area contributed by atoms with Crippen molar-refractivity contribution in [2.75, 3.05) is 19.7 Å². The normalized spacial score (nSPS) is 16.4. The Labute approximate surface area is 143 Å². The molecule has 2 rings (SSSR count). The van der Waals surface area contributed by atoms with Gasteiger partial charge in [0.25, 0.3) is 0 Å². The average molecular weight is 333 g/mol. The highest BCUT2D eigenvalue weighted by molar-refractivity contribution is 5.73. The maximum atomic E-state index is 12.2. The van der Waals surface area contributed by atoms with Crippen LogP contribution < -0.4 is 5.32 Å². The lowest BCUT2D eigenvalue weighted by Crippen LogP contribution is -2.33. The Morgan fingerprint density at radius 1 is 1.08 bits per heavy atom. The highest BCUT2D eigenvalue weighted by atomic mass is 16.5. The molecule has 132 valence electrons. The Bertz CT molecular complexity index is 511. The molecule has 1 heterocycles. The molecule has 0 spiro atoms. The lowest BCUT2D eigenvalue weighted by molar-refractivity contribution is -0.149. The summed E-state index contributed by atoms with van der Waals surface area (Å²) >= 11 is 0. The van der Waals surface area contributed by atoms with Crippen molar-refractivity contribution in [1.82, 2.24) is 5.32 Å². The SMILES string of the molecule is CCOC(=O)CC(CC(=O)OCc1ccccc1)C1CCNCC1. The molecular weight excluding hydrogens is 306 g/mol. The van der Waals surface area contributed by atoms with E-state index in [1.807, 2.05) is 30.3 Å². The summed E-state index contributed by atoms with van der Waals surface area (Å²) in [4.78, 5) is 24.1. The largest absolute Gasteiger partial charge is 0.466 e. The molecule has 1 aromatic rings. The third-order valence-corrected chi connectivity index (χ3v) is 4.46. The quantitative estimate of drug-likeness (QED) is 0.741. The third-order valence-electron chi connectivity index (χ3n) is 4.46. The molecule has 5 nitrogen and oxygen atoms in total. The second-order valence-electron chi connectivity index (χ2n) is 6.21. The molecule has 1 aromatic carbocycles. The van der Waals surface area contributed by atoms with Crippen molar-refractivity contribution in [3.05, 3.63) is 35.9 Å². The average Bonchev–Trinajstić information content (AvgIpc) is 2.61. The Morgan fingerprint density at radius 3 is 2.33 bits per heavy atom. The maximum absolute atomic E-state index is 12.2. The summed E-state index contributed by atoms with van der Waals surface area (Å²) in [5.41, 5.74) is 0.967. The molecule has 0 aliphatic carbocycles. The molecule has 0 saturated carbocycles. The van der Waals surface area contributed by atoms with E-state index in [1.54, 1.807) is 6.92 Å². The Hall–Kier alpha value is -1.88. The number of ether oxygens (including phenoxy) is 2. The monoisotopic (exact) mass is 333 g/mol. The first kappa shape index (κ1) is 18.5. The molecule has 0 bridgehead atoms. The van der Waals surface area contributed by atoms with Gasteiger partial charge in [0.05, 0.1) is 6.61 Å². The second kappa shape index (κ2) is 10.1. The van der Waals surface area contributed by atoms with E-state index in [0.29, 0.717) is 18.9 Å². The number of carbonyl (C=O) groups excluding carboxylic acids is 2. The topological polar surface area (TPSA) is 64.6 Å². The van der Waals surface area contributed by atoms with Gasteiger partial charge in [-0.1, -0.05) is 30.3 Å². The molecular formula is C19H27NO4. The molecule has 1 fully saturated rings. The molecule has 0 radical (unpaired) electrons. The number of nitrogens with one attached hydrogen (secondary N) is 1. The summed E-state index contributed by atoms with van der Waals surface area (Å²) in [5.74, 6) is -0.113. The van der Waals surface area contributed by atoms with Gasteiger partial charge in [-0.3, -0.25) is 9.59 Å². The first-order valence-corrected chi connectivity index (χ1v) is 8.75. The Balaban J connectivity index is 1.87. The van der Waals surface area contributed by atoms with E-state index in [9.17, 15) is 9.59 Å². The van der Waals surface area contributed by atoms with Crippen LogP contribution in [0.2, 0.25) is 0 Å². The highest BCUT2D eigenvalue weighted by Gasteiger charge is 2.28. The lowest BCUT2D eigenvalue weighted by Gasteiger charge is -2.29. The van der Waals surface area contributed by atoms with E-state index in [1.165, 1.54) is 0 Å². The van der Waals surface area contributed by atoms with Crippen molar-refractivity contribution in [2.45, 2.75) is 39.2 Å². The van der Waals surface area contributed by atoms with Crippen molar-refractivity contribution < 1.29 is 19.1 Å². The smallest absolute Gasteiger partial charge is 0.306 e. The number of carbonyl (C=O) groups is 2. The molecule has 1 atom stereocenters. The second-order valence-corrected chi connectivity index (χ2v) is 6.21. The molecule has 24 heavy (non-hydrogen) atoms. The fourth-order valence-corrected chi connectivity index (χ4v) is 3.17. The minimum atomic E-state index is -0.244. The van der Waals surface area contributed by atoms with Crippen LogP contribution >= 0.6 is 0 Å². The molecule has 5 heteroatoms. The standard InChI is InChI=1S/C19H27NO4/c1-2-23-18(21)12-17(16-8-10-20-11-9-16)13-19(22)24-14-15-6-4-3-5-7-15/h3-7,16-17,20H,2,8-14H2,1H3. The minimum absolute atomic E-state index is 0.00516. The van der Waals surface area contributed by atoms with Crippen LogP contribution in [0.15, 0.2) is 30.3 Å². The molecule has 1 saturated heterocycles. The fourth-order valence-electron chi connectivity index (χ4n) is 3.17. The van der Waals surface area contributed by atoms with Crippen LogP contribution in [-0.2, 0) is 25.7 Å². The van der Waals surface area contributed by atoms with Crippen molar-refractivity contribution >= 4 is 11.9 Å². The lowest BCUT2D eigenvalue weighted by atomic mass is 9.81. The van der Waals surface area contributed by atoms with Gasteiger partial charge in [-0.05, 0) is 50.3 Å². The zero-order valence-electron chi connectivity index (χ0n) is 14.3. The number of benzene rings is 1. The number of hydrogen-bond acceptors (Lipinski definition) is 5. The molecule has 1 aliphatic heterocycles. The van der Waals surface area contributed by atoms with Crippen molar-refractivity contribution in [3.8, 4) is 0 Å².